The van der Waals surface area contributed by atoms with Crippen molar-refractivity contribution in [2.24, 2.45) is 5.90 Å². The van der Waals surface area contributed by atoms with Gasteiger partial charge in [0.1, 0.15) is 11.6 Å². The van der Waals surface area contributed by atoms with Crippen molar-refractivity contribution in [3.8, 4) is 0 Å². The fourth-order valence-corrected chi connectivity index (χ4v) is 3.05. The molecule has 0 atom stereocenters. The zero-order chi connectivity index (χ0) is 22.5. The molecule has 7 nitrogen and oxygen atoms in total. The number of amides is 1. The van der Waals surface area contributed by atoms with E-state index in [1.807, 2.05) is 0 Å². The maximum Gasteiger partial charge on any atom is 0.257 e. The van der Waals surface area contributed by atoms with Gasteiger partial charge in [0.05, 0.1) is 10.6 Å². The molecular weight excluding hydrogens is 446 g/mol. The van der Waals surface area contributed by atoms with Crippen LogP contribution in [0.15, 0.2) is 54.7 Å². The number of benzene rings is 2. The minimum Gasteiger partial charge on any atom is -0.391 e. The monoisotopic (exact) mass is 460 g/mol. The Morgan fingerprint density at radius 2 is 1.81 bits per heavy atom. The summed E-state index contributed by atoms with van der Waals surface area (Å²) in [5.74, 6) is 2.78. The van der Waals surface area contributed by atoms with Gasteiger partial charge < -0.3 is 10.2 Å². The highest BCUT2D eigenvalue weighted by molar-refractivity contribution is 6.31. The van der Waals surface area contributed by atoms with E-state index in [-0.39, 0.29) is 28.9 Å². The molecule has 1 heterocycles. The van der Waals surface area contributed by atoms with Crippen molar-refractivity contribution in [2.75, 3.05) is 5.32 Å². The standard InChI is InChI=1S/C21H15Cl2FN4O3/c22-13-3-1-11(16(9-13)21(30)28-19-6-4-14(23)10-27-19)8-18(29)15-5-2-12(7-17(15)24)20(25)31-26/h1-7,9-10,25H,8,26H2,(H,27,28,30). The normalized spacial score (nSPS) is 10.5. The molecule has 1 aromatic heterocycles. The van der Waals surface area contributed by atoms with Crippen LogP contribution < -0.4 is 11.2 Å². The minimum absolute atomic E-state index is 0.0820. The van der Waals surface area contributed by atoms with Crippen LogP contribution in [0, 0.1) is 11.2 Å². The van der Waals surface area contributed by atoms with Crippen LogP contribution in [0.5, 0.6) is 0 Å². The maximum atomic E-state index is 14.4. The number of carbonyl (C=O) groups excluding carboxylic acids is 2. The summed E-state index contributed by atoms with van der Waals surface area (Å²) in [4.78, 5) is 33.7. The molecule has 0 saturated heterocycles. The summed E-state index contributed by atoms with van der Waals surface area (Å²) in [6.45, 7) is 0. The molecule has 0 aliphatic carbocycles. The molecule has 0 saturated carbocycles. The van der Waals surface area contributed by atoms with Crippen LogP contribution in [-0.2, 0) is 11.3 Å². The molecule has 31 heavy (non-hydrogen) atoms. The van der Waals surface area contributed by atoms with Crippen LogP contribution in [0.4, 0.5) is 10.2 Å². The molecule has 2 aromatic carbocycles. The van der Waals surface area contributed by atoms with Gasteiger partial charge in [-0.25, -0.2) is 9.37 Å². The average Bonchev–Trinajstić information content (AvgIpc) is 2.75. The molecule has 0 bridgehead atoms. The van der Waals surface area contributed by atoms with Crippen molar-refractivity contribution in [2.45, 2.75) is 6.42 Å². The molecule has 0 aliphatic heterocycles. The first kappa shape index (κ1) is 22.4. The SMILES string of the molecule is N=C(ON)c1ccc(C(=O)Cc2ccc(Cl)cc2C(=O)Nc2ccc(Cl)cn2)c(F)c1. The summed E-state index contributed by atoms with van der Waals surface area (Å²) in [7, 11) is 0. The first-order valence-electron chi connectivity index (χ1n) is 8.78. The quantitative estimate of drug-likeness (QED) is 0.217. The molecule has 0 fully saturated rings. The summed E-state index contributed by atoms with van der Waals surface area (Å²) < 4.78 is 14.4. The Hall–Kier alpha value is -3.33. The molecular formula is C21H15Cl2FN4O3. The van der Waals surface area contributed by atoms with Gasteiger partial charge in [0.15, 0.2) is 5.78 Å². The second-order valence-corrected chi connectivity index (χ2v) is 7.23. The Balaban J connectivity index is 1.85. The van der Waals surface area contributed by atoms with Gasteiger partial charge in [0.2, 0.25) is 5.90 Å². The molecule has 3 aromatic rings. The Morgan fingerprint density at radius 3 is 2.45 bits per heavy atom. The second kappa shape index (κ2) is 9.65. The number of pyridine rings is 1. The van der Waals surface area contributed by atoms with E-state index in [0.29, 0.717) is 15.6 Å². The highest BCUT2D eigenvalue weighted by Gasteiger charge is 2.19. The number of ketones is 1. The predicted molar refractivity (Wildman–Crippen MR) is 115 cm³/mol. The van der Waals surface area contributed by atoms with Gasteiger partial charge in [0.25, 0.3) is 5.91 Å². The Morgan fingerprint density at radius 1 is 1.06 bits per heavy atom. The number of halogens is 3. The van der Waals surface area contributed by atoms with E-state index in [0.717, 1.165) is 6.07 Å². The molecule has 0 aliphatic rings. The van der Waals surface area contributed by atoms with Crippen LogP contribution in [-0.4, -0.2) is 22.6 Å². The first-order valence-corrected chi connectivity index (χ1v) is 9.54. The third kappa shape index (κ3) is 5.43. The second-order valence-electron chi connectivity index (χ2n) is 6.36. The molecule has 4 N–H and O–H groups in total. The lowest BCUT2D eigenvalue weighted by Crippen LogP contribution is -2.17. The van der Waals surface area contributed by atoms with Crippen molar-refractivity contribution < 1.29 is 18.8 Å². The number of hydrogen-bond acceptors (Lipinski definition) is 6. The maximum absolute atomic E-state index is 14.4. The van der Waals surface area contributed by atoms with Crippen LogP contribution in [0.3, 0.4) is 0 Å². The van der Waals surface area contributed by atoms with E-state index in [1.54, 1.807) is 6.07 Å². The highest BCUT2D eigenvalue weighted by Crippen LogP contribution is 2.21. The summed E-state index contributed by atoms with van der Waals surface area (Å²) in [6, 6.07) is 11.1. The Bertz CT molecular complexity index is 1170. The lowest BCUT2D eigenvalue weighted by atomic mass is 9.97. The van der Waals surface area contributed by atoms with Gasteiger partial charge in [-0.2, -0.15) is 5.90 Å². The van der Waals surface area contributed by atoms with E-state index >= 15 is 0 Å². The topological polar surface area (TPSA) is 118 Å². The summed E-state index contributed by atoms with van der Waals surface area (Å²) >= 11 is 11.8. The molecule has 0 spiro atoms. The average molecular weight is 461 g/mol. The summed E-state index contributed by atoms with van der Waals surface area (Å²) in [5.41, 5.74) is 0.378. The minimum atomic E-state index is -0.838. The number of nitrogens with two attached hydrogens (primary N) is 1. The van der Waals surface area contributed by atoms with E-state index in [9.17, 15) is 14.0 Å². The third-order valence-electron chi connectivity index (χ3n) is 4.29. The zero-order valence-electron chi connectivity index (χ0n) is 15.8. The number of hydrogen-bond donors (Lipinski definition) is 3. The lowest BCUT2D eigenvalue weighted by molar-refractivity contribution is 0.0988. The molecule has 0 unspecified atom stereocenters. The predicted octanol–water partition coefficient (Wildman–Crippen LogP) is 4.42. The molecule has 3 rings (SSSR count). The third-order valence-corrected chi connectivity index (χ3v) is 4.74. The van der Waals surface area contributed by atoms with E-state index in [2.05, 4.69) is 15.1 Å². The van der Waals surface area contributed by atoms with E-state index < -0.39 is 23.4 Å². The Kier molecular flexibility index (Phi) is 6.96. The fraction of sp³-hybridized carbons (Fsp3) is 0.0476. The van der Waals surface area contributed by atoms with Gasteiger partial charge in [0, 0.05) is 28.8 Å². The van der Waals surface area contributed by atoms with Crippen LogP contribution >= 0.6 is 23.2 Å². The lowest BCUT2D eigenvalue weighted by Gasteiger charge is -2.11. The van der Waals surface area contributed by atoms with Crippen molar-refractivity contribution in [3.63, 3.8) is 0 Å². The first-order chi connectivity index (χ1) is 14.8. The number of anilines is 1. The number of nitrogens with zero attached hydrogens (tertiary/aromatic N) is 1. The van der Waals surface area contributed by atoms with Gasteiger partial charge in [-0.05, 0) is 48.0 Å². The van der Waals surface area contributed by atoms with Crippen LogP contribution in [0.2, 0.25) is 10.0 Å². The largest absolute Gasteiger partial charge is 0.391 e. The van der Waals surface area contributed by atoms with Gasteiger partial charge in [-0.15, -0.1) is 0 Å². The fourth-order valence-electron chi connectivity index (χ4n) is 2.77. The van der Waals surface area contributed by atoms with Crippen molar-refractivity contribution in [3.05, 3.63) is 92.8 Å². The van der Waals surface area contributed by atoms with Crippen molar-refractivity contribution >= 4 is 46.6 Å². The van der Waals surface area contributed by atoms with Crippen molar-refractivity contribution in [1.82, 2.24) is 4.98 Å². The number of Topliss-reactive ketones (excluding diaryl/α,β-unsaturated/α-hetero) is 1. The van der Waals surface area contributed by atoms with Crippen molar-refractivity contribution in [1.29, 1.82) is 5.41 Å². The Labute approximate surface area is 186 Å². The van der Waals surface area contributed by atoms with Crippen LogP contribution in [0.1, 0.15) is 31.8 Å². The van der Waals surface area contributed by atoms with E-state index in [1.165, 1.54) is 42.6 Å². The molecule has 10 heteroatoms. The van der Waals surface area contributed by atoms with E-state index in [4.69, 9.17) is 34.5 Å². The zero-order valence-corrected chi connectivity index (χ0v) is 17.3. The summed E-state index contributed by atoms with van der Waals surface area (Å²) in [5, 5.41) is 10.8. The summed E-state index contributed by atoms with van der Waals surface area (Å²) in [6.07, 6.45) is 1.12. The smallest absolute Gasteiger partial charge is 0.257 e. The van der Waals surface area contributed by atoms with Crippen LogP contribution in [0.25, 0.3) is 0 Å². The van der Waals surface area contributed by atoms with Gasteiger partial charge in [-0.1, -0.05) is 29.3 Å². The molecule has 158 valence electrons. The molecule has 1 amide bonds. The van der Waals surface area contributed by atoms with Gasteiger partial charge >= 0.3 is 0 Å². The molecule has 0 radical (unpaired) electrons. The number of aromatic nitrogens is 1. The highest BCUT2D eigenvalue weighted by atomic mass is 35.5. The number of rotatable bonds is 6. The number of nitrogens with one attached hydrogen (secondary N) is 2. The number of carbonyl (C=O) groups is 2. The van der Waals surface area contributed by atoms with Gasteiger partial charge in [-0.3, -0.25) is 15.0 Å².